The van der Waals surface area contributed by atoms with E-state index in [1.807, 2.05) is 0 Å². The minimum Gasteiger partial charge on any atom is -0.477 e. The van der Waals surface area contributed by atoms with Crippen LogP contribution in [0, 0.1) is 10.1 Å². The minimum absolute atomic E-state index is 0.198. The summed E-state index contributed by atoms with van der Waals surface area (Å²) < 4.78 is 10.8. The van der Waals surface area contributed by atoms with Gasteiger partial charge in [0.2, 0.25) is 0 Å². The standard InChI is InChI=1S/C9H11N3O5S/c1-18(17)3-2-10-8-4-6(9(13)14)7(5-11-8)12(15)16/h4-5H,2-3H2,1H3,(H,10,11)(H,13,14). The fourth-order valence-corrected chi connectivity index (χ4v) is 1.57. The third-order valence-corrected chi connectivity index (χ3v) is 2.78. The second-order valence-corrected chi connectivity index (χ2v) is 4.91. The van der Waals surface area contributed by atoms with Gasteiger partial charge in [0.05, 0.1) is 4.92 Å². The molecule has 98 valence electrons. The smallest absolute Gasteiger partial charge is 0.342 e. The van der Waals surface area contributed by atoms with E-state index in [9.17, 15) is 19.1 Å². The number of aromatic carboxylic acids is 1. The highest BCUT2D eigenvalue weighted by Crippen LogP contribution is 2.19. The maximum Gasteiger partial charge on any atom is 0.342 e. The number of carbonyl (C=O) groups is 1. The number of carboxylic acids is 1. The van der Waals surface area contributed by atoms with Crippen LogP contribution < -0.4 is 5.32 Å². The van der Waals surface area contributed by atoms with Gasteiger partial charge in [-0.3, -0.25) is 14.3 Å². The van der Waals surface area contributed by atoms with Crippen molar-refractivity contribution in [1.29, 1.82) is 0 Å². The Labute approximate surface area is 105 Å². The molecule has 0 aliphatic heterocycles. The topological polar surface area (TPSA) is 122 Å². The van der Waals surface area contributed by atoms with E-state index in [-0.39, 0.29) is 5.82 Å². The SMILES string of the molecule is CS(=O)CCNc1cc(C(=O)O)c([N+](=O)[O-])cn1. The lowest BCUT2D eigenvalue weighted by Crippen LogP contribution is -2.12. The van der Waals surface area contributed by atoms with Crippen LogP contribution in [0.15, 0.2) is 12.3 Å². The van der Waals surface area contributed by atoms with Gasteiger partial charge >= 0.3 is 11.7 Å². The van der Waals surface area contributed by atoms with E-state index in [2.05, 4.69) is 10.3 Å². The van der Waals surface area contributed by atoms with Crippen molar-refractivity contribution in [3.05, 3.63) is 27.9 Å². The number of hydrogen-bond acceptors (Lipinski definition) is 6. The summed E-state index contributed by atoms with van der Waals surface area (Å²) in [5, 5.41) is 22.2. The first kappa shape index (κ1) is 14.0. The van der Waals surface area contributed by atoms with Crippen LogP contribution in [0.25, 0.3) is 0 Å². The molecular formula is C9H11N3O5S. The number of nitrogens with zero attached hydrogens (tertiary/aromatic N) is 2. The monoisotopic (exact) mass is 273 g/mol. The van der Waals surface area contributed by atoms with Crippen LogP contribution in [-0.4, -0.2) is 43.7 Å². The van der Waals surface area contributed by atoms with E-state index >= 15 is 0 Å². The molecule has 1 rings (SSSR count). The summed E-state index contributed by atoms with van der Waals surface area (Å²) in [6, 6.07) is 1.08. The predicted molar refractivity (Wildman–Crippen MR) is 65.3 cm³/mol. The maximum atomic E-state index is 10.9. The lowest BCUT2D eigenvalue weighted by Gasteiger charge is -2.05. The number of nitrogens with one attached hydrogen (secondary N) is 1. The molecule has 0 aliphatic rings. The zero-order valence-corrected chi connectivity index (χ0v) is 10.3. The molecule has 0 saturated carbocycles. The number of carboxylic acid groups (broad SMARTS) is 1. The van der Waals surface area contributed by atoms with Gasteiger partial charge in [0.15, 0.2) is 0 Å². The number of pyridine rings is 1. The molecule has 0 saturated heterocycles. The summed E-state index contributed by atoms with van der Waals surface area (Å²) in [5.41, 5.74) is -0.998. The van der Waals surface area contributed by atoms with Crippen LogP contribution in [0.3, 0.4) is 0 Å². The maximum absolute atomic E-state index is 10.9. The Morgan fingerprint density at radius 1 is 1.67 bits per heavy atom. The molecule has 0 amide bonds. The van der Waals surface area contributed by atoms with Gasteiger partial charge in [0.25, 0.3) is 0 Å². The molecule has 0 bridgehead atoms. The van der Waals surface area contributed by atoms with E-state index in [1.54, 1.807) is 0 Å². The number of nitro groups is 1. The highest BCUT2D eigenvalue weighted by molar-refractivity contribution is 7.84. The van der Waals surface area contributed by atoms with Crippen LogP contribution in [0.5, 0.6) is 0 Å². The van der Waals surface area contributed by atoms with Crippen molar-refractivity contribution in [2.24, 2.45) is 0 Å². The van der Waals surface area contributed by atoms with Gasteiger partial charge in [0.1, 0.15) is 17.6 Å². The van der Waals surface area contributed by atoms with Gasteiger partial charge in [-0.2, -0.15) is 0 Å². The van der Waals surface area contributed by atoms with Crippen LogP contribution >= 0.6 is 0 Å². The summed E-state index contributed by atoms with van der Waals surface area (Å²) in [6.07, 6.45) is 2.42. The van der Waals surface area contributed by atoms with Gasteiger partial charge < -0.3 is 10.4 Å². The Balaban J connectivity index is 2.90. The van der Waals surface area contributed by atoms with Gasteiger partial charge in [-0.1, -0.05) is 0 Å². The molecule has 0 aliphatic carbocycles. The Morgan fingerprint density at radius 2 is 2.33 bits per heavy atom. The quantitative estimate of drug-likeness (QED) is 0.570. The molecule has 1 heterocycles. The van der Waals surface area contributed by atoms with Gasteiger partial charge in [-0.05, 0) is 0 Å². The molecule has 1 unspecified atom stereocenters. The Bertz CT molecular complexity index is 505. The first-order valence-corrected chi connectivity index (χ1v) is 6.56. The zero-order chi connectivity index (χ0) is 13.7. The van der Waals surface area contributed by atoms with Gasteiger partial charge in [0, 0.05) is 35.4 Å². The largest absolute Gasteiger partial charge is 0.477 e. The molecule has 0 aromatic carbocycles. The second-order valence-electron chi connectivity index (χ2n) is 3.35. The van der Waals surface area contributed by atoms with Crippen molar-refractivity contribution in [2.75, 3.05) is 23.9 Å². The fourth-order valence-electron chi connectivity index (χ4n) is 1.18. The van der Waals surface area contributed by atoms with Crippen molar-refractivity contribution in [3.63, 3.8) is 0 Å². The van der Waals surface area contributed by atoms with E-state index in [0.717, 1.165) is 12.3 Å². The van der Waals surface area contributed by atoms with E-state index < -0.39 is 32.9 Å². The van der Waals surface area contributed by atoms with Crippen molar-refractivity contribution in [1.82, 2.24) is 4.98 Å². The average Bonchev–Trinajstić information content (AvgIpc) is 2.28. The summed E-state index contributed by atoms with van der Waals surface area (Å²) in [7, 11) is -0.980. The number of rotatable bonds is 6. The summed E-state index contributed by atoms with van der Waals surface area (Å²) in [4.78, 5) is 24.4. The zero-order valence-electron chi connectivity index (χ0n) is 9.45. The Morgan fingerprint density at radius 3 is 2.83 bits per heavy atom. The molecular weight excluding hydrogens is 262 g/mol. The Kier molecular flexibility index (Phi) is 4.72. The summed E-state index contributed by atoms with van der Waals surface area (Å²) >= 11 is 0. The second kappa shape index (κ2) is 6.05. The molecule has 0 spiro atoms. The van der Waals surface area contributed by atoms with Crippen molar-refractivity contribution >= 4 is 28.3 Å². The molecule has 1 aromatic heterocycles. The molecule has 1 atom stereocenters. The van der Waals surface area contributed by atoms with Crippen molar-refractivity contribution < 1.29 is 19.0 Å². The highest BCUT2D eigenvalue weighted by Gasteiger charge is 2.20. The van der Waals surface area contributed by atoms with Gasteiger partial charge in [-0.25, -0.2) is 9.78 Å². The fraction of sp³-hybridized carbons (Fsp3) is 0.333. The molecule has 9 heteroatoms. The predicted octanol–water partition coefficient (Wildman–Crippen LogP) is 0.478. The third kappa shape index (κ3) is 3.77. The van der Waals surface area contributed by atoms with E-state index in [0.29, 0.717) is 12.3 Å². The first-order valence-electron chi connectivity index (χ1n) is 4.83. The number of hydrogen-bond donors (Lipinski definition) is 2. The normalized spacial score (nSPS) is 11.8. The van der Waals surface area contributed by atoms with Crippen molar-refractivity contribution in [2.45, 2.75) is 0 Å². The van der Waals surface area contributed by atoms with E-state index in [1.165, 1.54) is 6.26 Å². The molecule has 0 fully saturated rings. The third-order valence-electron chi connectivity index (χ3n) is 2.01. The molecule has 1 aromatic rings. The summed E-state index contributed by atoms with van der Waals surface area (Å²) in [5.74, 6) is -0.823. The minimum atomic E-state index is -1.40. The van der Waals surface area contributed by atoms with Crippen LogP contribution in [-0.2, 0) is 10.8 Å². The molecule has 2 N–H and O–H groups in total. The van der Waals surface area contributed by atoms with Crippen molar-refractivity contribution in [3.8, 4) is 0 Å². The Hall–Kier alpha value is -2.03. The lowest BCUT2D eigenvalue weighted by atomic mass is 10.2. The van der Waals surface area contributed by atoms with E-state index in [4.69, 9.17) is 5.11 Å². The van der Waals surface area contributed by atoms with Crippen LogP contribution in [0.2, 0.25) is 0 Å². The van der Waals surface area contributed by atoms with Crippen LogP contribution in [0.1, 0.15) is 10.4 Å². The molecule has 8 nitrogen and oxygen atoms in total. The average molecular weight is 273 g/mol. The summed E-state index contributed by atoms with van der Waals surface area (Å²) in [6.45, 7) is 0.340. The number of aromatic nitrogens is 1. The van der Waals surface area contributed by atoms with Gasteiger partial charge in [-0.15, -0.1) is 0 Å². The lowest BCUT2D eigenvalue weighted by molar-refractivity contribution is -0.385. The first-order chi connectivity index (χ1) is 8.41. The number of anilines is 1. The van der Waals surface area contributed by atoms with Crippen LogP contribution in [0.4, 0.5) is 11.5 Å². The molecule has 0 radical (unpaired) electrons. The molecule has 18 heavy (non-hydrogen) atoms. The highest BCUT2D eigenvalue weighted by atomic mass is 32.2.